The Balaban J connectivity index is 2.04. The predicted octanol–water partition coefficient (Wildman–Crippen LogP) is 3.17. The molecule has 3 rings (SSSR count). The number of rotatable bonds is 2. The number of nitrogens with zero attached hydrogens (tertiary/aromatic N) is 1. The zero-order valence-corrected chi connectivity index (χ0v) is 12.5. The molecule has 4 N–H and O–H groups in total. The molecule has 0 aromatic heterocycles. The third-order valence-corrected chi connectivity index (χ3v) is 3.99. The second-order valence-corrected chi connectivity index (χ2v) is 5.28. The highest BCUT2D eigenvalue weighted by molar-refractivity contribution is 5.76. The van der Waals surface area contributed by atoms with Crippen LogP contribution in [0.2, 0.25) is 0 Å². The summed E-state index contributed by atoms with van der Waals surface area (Å²) >= 11 is 0. The van der Waals surface area contributed by atoms with Crippen LogP contribution >= 0.6 is 0 Å². The molecule has 5 heteroatoms. The number of hydrogen-bond donors (Lipinski definition) is 2. The van der Waals surface area contributed by atoms with Crippen molar-refractivity contribution in [2.24, 2.45) is 5.73 Å². The zero-order chi connectivity index (χ0) is 15.9. The fourth-order valence-corrected chi connectivity index (χ4v) is 2.66. The van der Waals surface area contributed by atoms with E-state index in [1.165, 1.54) is 13.2 Å². The van der Waals surface area contributed by atoms with Gasteiger partial charge in [-0.1, -0.05) is 12.1 Å². The SMILES string of the molecule is COc1ccc(N2C=Cc3c(ccc(C)c3N)C2N)c(F)c1. The summed E-state index contributed by atoms with van der Waals surface area (Å²) in [7, 11) is 1.50. The van der Waals surface area contributed by atoms with E-state index in [4.69, 9.17) is 16.2 Å². The molecule has 1 aliphatic heterocycles. The molecule has 2 aromatic rings. The van der Waals surface area contributed by atoms with Crippen LogP contribution in [0.5, 0.6) is 5.75 Å². The molecule has 0 amide bonds. The Morgan fingerprint density at radius 3 is 2.68 bits per heavy atom. The van der Waals surface area contributed by atoms with Gasteiger partial charge in [-0.25, -0.2) is 4.39 Å². The second-order valence-electron chi connectivity index (χ2n) is 5.28. The van der Waals surface area contributed by atoms with Crippen molar-refractivity contribution in [3.05, 3.63) is 59.0 Å². The van der Waals surface area contributed by atoms with Crippen molar-refractivity contribution in [3.63, 3.8) is 0 Å². The normalized spacial score (nSPS) is 16.5. The number of hydrogen-bond acceptors (Lipinski definition) is 4. The van der Waals surface area contributed by atoms with Gasteiger partial charge >= 0.3 is 0 Å². The van der Waals surface area contributed by atoms with Gasteiger partial charge < -0.3 is 21.1 Å². The van der Waals surface area contributed by atoms with E-state index in [0.717, 1.165) is 16.7 Å². The van der Waals surface area contributed by atoms with Crippen molar-refractivity contribution in [3.8, 4) is 5.75 Å². The summed E-state index contributed by atoms with van der Waals surface area (Å²) in [6, 6.07) is 8.56. The number of ether oxygens (including phenoxy) is 1. The van der Waals surface area contributed by atoms with Crippen LogP contribution in [-0.4, -0.2) is 7.11 Å². The lowest BCUT2D eigenvalue weighted by atomic mass is 9.96. The first-order chi connectivity index (χ1) is 10.5. The van der Waals surface area contributed by atoms with Crippen LogP contribution in [-0.2, 0) is 0 Å². The molecule has 0 bridgehead atoms. The molecule has 114 valence electrons. The van der Waals surface area contributed by atoms with Gasteiger partial charge in [0.05, 0.1) is 12.8 Å². The lowest BCUT2D eigenvalue weighted by Gasteiger charge is -2.33. The minimum Gasteiger partial charge on any atom is -0.497 e. The summed E-state index contributed by atoms with van der Waals surface area (Å²) in [6.07, 6.45) is 3.13. The minimum absolute atomic E-state index is 0.386. The fourth-order valence-electron chi connectivity index (χ4n) is 2.66. The van der Waals surface area contributed by atoms with E-state index in [1.54, 1.807) is 23.2 Å². The number of nitrogens with two attached hydrogens (primary N) is 2. The molecule has 0 saturated carbocycles. The van der Waals surface area contributed by atoms with Crippen molar-refractivity contribution in [1.29, 1.82) is 0 Å². The number of aryl methyl sites for hydroxylation is 1. The standard InChI is InChI=1S/C17H18FN3O/c1-10-3-5-13-12(16(10)19)7-8-21(17(13)20)15-6-4-11(22-2)9-14(15)18/h3-9,17H,19-20H2,1-2H3. The van der Waals surface area contributed by atoms with Crippen molar-refractivity contribution < 1.29 is 9.13 Å². The lowest BCUT2D eigenvalue weighted by molar-refractivity contribution is 0.411. The second kappa shape index (κ2) is 5.35. The van der Waals surface area contributed by atoms with Crippen LogP contribution in [0.1, 0.15) is 22.9 Å². The van der Waals surface area contributed by atoms with Gasteiger partial charge in [0.2, 0.25) is 0 Å². The zero-order valence-electron chi connectivity index (χ0n) is 12.5. The van der Waals surface area contributed by atoms with Crippen molar-refractivity contribution in [2.75, 3.05) is 17.7 Å². The summed E-state index contributed by atoms with van der Waals surface area (Å²) in [5.41, 5.74) is 16.3. The molecule has 0 fully saturated rings. The molecular formula is C17H18FN3O. The van der Waals surface area contributed by atoms with Crippen LogP contribution in [0, 0.1) is 12.7 Å². The van der Waals surface area contributed by atoms with Gasteiger partial charge in [-0.2, -0.15) is 0 Å². The first kappa shape index (κ1) is 14.4. The van der Waals surface area contributed by atoms with Gasteiger partial charge in [-0.15, -0.1) is 0 Å². The Bertz CT molecular complexity index is 758. The van der Waals surface area contributed by atoms with Gasteiger partial charge in [-0.05, 0) is 36.3 Å². The van der Waals surface area contributed by atoms with Crippen LogP contribution < -0.4 is 21.1 Å². The first-order valence-corrected chi connectivity index (χ1v) is 6.97. The smallest absolute Gasteiger partial charge is 0.150 e. The van der Waals surface area contributed by atoms with Gasteiger partial charge in [0, 0.05) is 23.5 Å². The Morgan fingerprint density at radius 1 is 1.23 bits per heavy atom. The largest absolute Gasteiger partial charge is 0.497 e. The summed E-state index contributed by atoms with van der Waals surface area (Å²) in [5, 5.41) is 0. The predicted molar refractivity (Wildman–Crippen MR) is 87.0 cm³/mol. The van der Waals surface area contributed by atoms with Crippen LogP contribution in [0.3, 0.4) is 0 Å². The third-order valence-electron chi connectivity index (χ3n) is 3.99. The highest BCUT2D eigenvalue weighted by Gasteiger charge is 2.24. The quantitative estimate of drug-likeness (QED) is 0.836. The fraction of sp³-hybridized carbons (Fsp3) is 0.176. The van der Waals surface area contributed by atoms with Gasteiger partial charge in [0.15, 0.2) is 5.82 Å². The van der Waals surface area contributed by atoms with E-state index in [-0.39, 0.29) is 5.82 Å². The maximum Gasteiger partial charge on any atom is 0.150 e. The molecule has 0 spiro atoms. The third kappa shape index (κ3) is 2.19. The number of anilines is 2. The molecule has 0 aliphatic carbocycles. The Morgan fingerprint density at radius 2 is 2.00 bits per heavy atom. The van der Waals surface area contributed by atoms with E-state index in [1.807, 2.05) is 25.1 Å². The number of fused-ring (bicyclic) bond motifs is 1. The van der Waals surface area contributed by atoms with Crippen molar-refractivity contribution >= 4 is 17.5 Å². The molecule has 1 aliphatic rings. The topological polar surface area (TPSA) is 64.5 Å². The van der Waals surface area contributed by atoms with Crippen LogP contribution in [0.15, 0.2) is 36.5 Å². The summed E-state index contributed by atoms with van der Waals surface area (Å²) in [5.74, 6) is 0.0825. The van der Waals surface area contributed by atoms with E-state index in [0.29, 0.717) is 17.1 Å². The Hall–Kier alpha value is -2.53. The molecular weight excluding hydrogens is 281 g/mol. The molecule has 22 heavy (non-hydrogen) atoms. The van der Waals surface area contributed by atoms with E-state index < -0.39 is 6.17 Å². The molecule has 2 aromatic carbocycles. The molecule has 4 nitrogen and oxygen atoms in total. The average molecular weight is 299 g/mol. The highest BCUT2D eigenvalue weighted by atomic mass is 19.1. The molecule has 1 atom stereocenters. The Kier molecular flexibility index (Phi) is 3.50. The Labute approximate surface area is 128 Å². The molecule has 0 radical (unpaired) electrons. The number of nitrogen functional groups attached to an aromatic ring is 1. The summed E-state index contributed by atoms with van der Waals surface area (Å²) < 4.78 is 19.3. The molecule has 1 heterocycles. The molecule has 1 unspecified atom stereocenters. The van der Waals surface area contributed by atoms with Crippen molar-refractivity contribution in [1.82, 2.24) is 0 Å². The van der Waals surface area contributed by atoms with Crippen molar-refractivity contribution in [2.45, 2.75) is 13.1 Å². The lowest BCUT2D eigenvalue weighted by Crippen LogP contribution is -2.33. The number of benzene rings is 2. The van der Waals surface area contributed by atoms with Gasteiger partial charge in [-0.3, -0.25) is 0 Å². The van der Waals surface area contributed by atoms with Gasteiger partial charge in [0.1, 0.15) is 11.9 Å². The maximum absolute atomic E-state index is 14.3. The van der Waals surface area contributed by atoms with Crippen LogP contribution in [0.25, 0.3) is 6.08 Å². The average Bonchev–Trinajstić information content (AvgIpc) is 2.52. The number of halogens is 1. The summed E-state index contributed by atoms with van der Waals surface area (Å²) in [6.45, 7) is 1.95. The van der Waals surface area contributed by atoms with E-state index in [2.05, 4.69) is 0 Å². The summed E-state index contributed by atoms with van der Waals surface area (Å²) in [4.78, 5) is 1.69. The first-order valence-electron chi connectivity index (χ1n) is 6.97. The van der Waals surface area contributed by atoms with Crippen LogP contribution in [0.4, 0.5) is 15.8 Å². The van der Waals surface area contributed by atoms with E-state index >= 15 is 0 Å². The monoisotopic (exact) mass is 299 g/mol. The minimum atomic E-state index is -0.495. The number of methoxy groups -OCH3 is 1. The van der Waals surface area contributed by atoms with Gasteiger partial charge in [0.25, 0.3) is 0 Å². The van der Waals surface area contributed by atoms with E-state index in [9.17, 15) is 4.39 Å². The highest BCUT2D eigenvalue weighted by Crippen LogP contribution is 2.36. The maximum atomic E-state index is 14.3. The molecule has 0 saturated heterocycles.